The molecule has 130 valence electrons. The summed E-state index contributed by atoms with van der Waals surface area (Å²) in [4.78, 5) is 35.2. The molecule has 0 heterocycles. The smallest absolute Gasteiger partial charge is 0.255 e. The number of aryl methyl sites for hydroxylation is 1. The molecule has 2 N–H and O–H groups in total. The van der Waals surface area contributed by atoms with Crippen molar-refractivity contribution < 1.29 is 14.4 Å². The van der Waals surface area contributed by atoms with Crippen LogP contribution in [0.1, 0.15) is 29.3 Å². The van der Waals surface area contributed by atoms with Crippen LogP contribution in [0, 0.1) is 6.92 Å². The fourth-order valence-electron chi connectivity index (χ4n) is 2.11. The van der Waals surface area contributed by atoms with Crippen LogP contribution in [-0.4, -0.2) is 17.6 Å². The number of rotatable bonds is 5. The number of hydrogen-bond donors (Lipinski definition) is 2. The Bertz CT molecular complexity index is 850. The number of carbonyl (C=O) groups excluding carboxylic acids is 3. The topological polar surface area (TPSA) is 75.3 Å². The number of halogens is 2. The molecule has 0 aliphatic heterocycles. The molecule has 2 amide bonds. The van der Waals surface area contributed by atoms with E-state index in [0.29, 0.717) is 16.3 Å². The highest BCUT2D eigenvalue weighted by molar-refractivity contribution is 6.34. The Labute approximate surface area is 155 Å². The Morgan fingerprint density at radius 2 is 1.68 bits per heavy atom. The fraction of sp³-hybridized carbons (Fsp3) is 0.167. The molecule has 2 rings (SSSR count). The first kappa shape index (κ1) is 19.0. The third kappa shape index (κ3) is 5.31. The van der Waals surface area contributed by atoms with Gasteiger partial charge in [0.05, 0.1) is 17.1 Å². The van der Waals surface area contributed by atoms with Gasteiger partial charge < -0.3 is 10.6 Å². The molecule has 0 fully saturated rings. The van der Waals surface area contributed by atoms with Crippen molar-refractivity contribution in [3.63, 3.8) is 0 Å². The summed E-state index contributed by atoms with van der Waals surface area (Å²) in [6, 6.07) is 9.68. The van der Waals surface area contributed by atoms with E-state index < -0.39 is 5.91 Å². The molecule has 7 heteroatoms. The minimum absolute atomic E-state index is 0.255. The molecule has 0 aliphatic rings. The average Bonchev–Trinajstić information content (AvgIpc) is 2.52. The lowest BCUT2D eigenvalue weighted by molar-refractivity contribution is -0.124. The third-order valence-electron chi connectivity index (χ3n) is 3.36. The average molecular weight is 379 g/mol. The van der Waals surface area contributed by atoms with Gasteiger partial charge in [0.2, 0.25) is 5.91 Å². The van der Waals surface area contributed by atoms with Crippen molar-refractivity contribution in [2.24, 2.45) is 0 Å². The maximum Gasteiger partial charge on any atom is 0.255 e. The van der Waals surface area contributed by atoms with Gasteiger partial charge in [0, 0.05) is 16.3 Å². The first-order valence-electron chi connectivity index (χ1n) is 7.42. The number of hydrogen-bond acceptors (Lipinski definition) is 3. The van der Waals surface area contributed by atoms with Crippen molar-refractivity contribution in [1.29, 1.82) is 0 Å². The summed E-state index contributed by atoms with van der Waals surface area (Å²) in [5.74, 6) is -1.12. The Morgan fingerprint density at radius 3 is 2.36 bits per heavy atom. The Balaban J connectivity index is 2.20. The molecular weight excluding hydrogens is 363 g/mol. The lowest BCUT2D eigenvalue weighted by Crippen LogP contribution is -2.17. The quantitative estimate of drug-likeness (QED) is 0.753. The monoisotopic (exact) mass is 378 g/mol. The number of ketones is 1. The molecular formula is C18H16Cl2N2O3. The van der Waals surface area contributed by atoms with Gasteiger partial charge in [-0.15, -0.1) is 0 Å². The summed E-state index contributed by atoms with van der Waals surface area (Å²) in [6.45, 7) is 3.17. The van der Waals surface area contributed by atoms with Gasteiger partial charge in [-0.25, -0.2) is 0 Å². The Kier molecular flexibility index (Phi) is 6.17. The number of carbonyl (C=O) groups is 3. The number of benzene rings is 2. The molecule has 0 bridgehead atoms. The second-order valence-electron chi connectivity index (χ2n) is 5.53. The van der Waals surface area contributed by atoms with E-state index in [9.17, 15) is 14.4 Å². The maximum atomic E-state index is 12.4. The van der Waals surface area contributed by atoms with E-state index in [4.69, 9.17) is 23.2 Å². The van der Waals surface area contributed by atoms with Crippen LogP contribution in [0.25, 0.3) is 0 Å². The summed E-state index contributed by atoms with van der Waals surface area (Å²) >= 11 is 12.0. The molecule has 0 aromatic heterocycles. The number of nitrogens with one attached hydrogen (secondary N) is 2. The van der Waals surface area contributed by atoms with E-state index in [1.165, 1.54) is 25.1 Å². The highest BCUT2D eigenvalue weighted by atomic mass is 35.5. The first-order chi connectivity index (χ1) is 11.8. The maximum absolute atomic E-state index is 12.4. The second kappa shape index (κ2) is 8.14. The highest BCUT2D eigenvalue weighted by Crippen LogP contribution is 2.25. The zero-order valence-corrected chi connectivity index (χ0v) is 15.2. The molecule has 2 aromatic carbocycles. The first-order valence-corrected chi connectivity index (χ1v) is 8.18. The van der Waals surface area contributed by atoms with Gasteiger partial charge in [0.1, 0.15) is 5.78 Å². The zero-order chi connectivity index (χ0) is 18.6. The molecule has 25 heavy (non-hydrogen) atoms. The molecule has 0 saturated carbocycles. The van der Waals surface area contributed by atoms with Gasteiger partial charge in [-0.1, -0.05) is 29.3 Å². The van der Waals surface area contributed by atoms with Gasteiger partial charge in [-0.3, -0.25) is 14.4 Å². The third-order valence-corrected chi connectivity index (χ3v) is 3.92. The normalized spacial score (nSPS) is 10.2. The Hall–Kier alpha value is -2.37. The highest BCUT2D eigenvalue weighted by Gasteiger charge is 2.13. The van der Waals surface area contributed by atoms with E-state index in [0.717, 1.165) is 5.56 Å². The van der Waals surface area contributed by atoms with E-state index in [2.05, 4.69) is 10.6 Å². The number of anilines is 2. The SMILES string of the molecule is CC(=O)CC(=O)Nc1cc(C(=O)Nc2cc(Cl)ccc2C)ccc1Cl. The van der Waals surface area contributed by atoms with Crippen LogP contribution in [0.15, 0.2) is 36.4 Å². The van der Waals surface area contributed by atoms with Crippen LogP contribution in [0.2, 0.25) is 10.0 Å². The predicted molar refractivity (Wildman–Crippen MR) is 99.5 cm³/mol. The molecule has 0 radical (unpaired) electrons. The van der Waals surface area contributed by atoms with Crippen LogP contribution in [0.5, 0.6) is 0 Å². The van der Waals surface area contributed by atoms with Crippen molar-refractivity contribution in [2.75, 3.05) is 10.6 Å². The lowest BCUT2D eigenvalue weighted by atomic mass is 10.1. The standard InChI is InChI=1S/C18H16Cl2N2O3/c1-10-3-5-13(19)9-15(10)22-18(25)12-4-6-14(20)16(8-12)21-17(24)7-11(2)23/h3-6,8-9H,7H2,1-2H3,(H,21,24)(H,22,25). The molecule has 0 spiro atoms. The second-order valence-corrected chi connectivity index (χ2v) is 6.38. The van der Waals surface area contributed by atoms with Gasteiger partial charge in [-0.2, -0.15) is 0 Å². The van der Waals surface area contributed by atoms with Gasteiger partial charge in [-0.05, 0) is 49.7 Å². The van der Waals surface area contributed by atoms with Crippen molar-refractivity contribution >= 4 is 52.2 Å². The van der Waals surface area contributed by atoms with Crippen LogP contribution >= 0.6 is 23.2 Å². The molecule has 0 saturated heterocycles. The molecule has 5 nitrogen and oxygen atoms in total. The zero-order valence-electron chi connectivity index (χ0n) is 13.7. The minimum Gasteiger partial charge on any atom is -0.324 e. The van der Waals surface area contributed by atoms with Crippen LogP contribution in [0.3, 0.4) is 0 Å². The fourth-order valence-corrected chi connectivity index (χ4v) is 2.44. The van der Waals surface area contributed by atoms with Crippen LogP contribution in [0.4, 0.5) is 11.4 Å². The molecule has 0 aliphatic carbocycles. The van der Waals surface area contributed by atoms with Crippen molar-refractivity contribution in [3.05, 3.63) is 57.6 Å². The van der Waals surface area contributed by atoms with Gasteiger partial charge >= 0.3 is 0 Å². The van der Waals surface area contributed by atoms with E-state index >= 15 is 0 Å². The molecule has 0 atom stereocenters. The molecule has 2 aromatic rings. The van der Waals surface area contributed by atoms with E-state index in [-0.39, 0.29) is 28.8 Å². The van der Waals surface area contributed by atoms with Gasteiger partial charge in [0.25, 0.3) is 5.91 Å². The summed E-state index contributed by atoms with van der Waals surface area (Å²) in [5.41, 5.74) is 2.03. The lowest BCUT2D eigenvalue weighted by Gasteiger charge is -2.11. The predicted octanol–water partition coefficient (Wildman–Crippen LogP) is 4.47. The van der Waals surface area contributed by atoms with Crippen LogP contribution < -0.4 is 10.6 Å². The summed E-state index contributed by atoms with van der Waals surface area (Å²) in [6.07, 6.45) is -0.255. The van der Waals surface area contributed by atoms with Crippen molar-refractivity contribution in [1.82, 2.24) is 0 Å². The summed E-state index contributed by atoms with van der Waals surface area (Å²) in [7, 11) is 0. The summed E-state index contributed by atoms with van der Waals surface area (Å²) < 4.78 is 0. The van der Waals surface area contributed by atoms with E-state index in [1.54, 1.807) is 18.2 Å². The minimum atomic E-state index is -0.488. The number of Topliss-reactive ketones (excluding diaryl/α,β-unsaturated/α-hetero) is 1. The molecule has 0 unspecified atom stereocenters. The number of amides is 2. The van der Waals surface area contributed by atoms with E-state index in [1.807, 2.05) is 6.92 Å². The van der Waals surface area contributed by atoms with Gasteiger partial charge in [0.15, 0.2) is 0 Å². The largest absolute Gasteiger partial charge is 0.324 e. The van der Waals surface area contributed by atoms with Crippen LogP contribution in [-0.2, 0) is 9.59 Å². The van der Waals surface area contributed by atoms with Crippen molar-refractivity contribution in [2.45, 2.75) is 20.3 Å². The Morgan fingerprint density at radius 1 is 0.960 bits per heavy atom. The summed E-state index contributed by atoms with van der Waals surface area (Å²) in [5, 5.41) is 6.07. The van der Waals surface area contributed by atoms with Crippen molar-refractivity contribution in [3.8, 4) is 0 Å².